The molecule has 0 spiro atoms. The Bertz CT molecular complexity index is 513. The van der Waals surface area contributed by atoms with Crippen LogP contribution in [0.1, 0.15) is 21.5 Å². The summed E-state index contributed by atoms with van der Waals surface area (Å²) in [5, 5.41) is 3.08. The van der Waals surface area contributed by atoms with Gasteiger partial charge in [0.2, 0.25) is 5.91 Å². The zero-order chi connectivity index (χ0) is 14.0. The summed E-state index contributed by atoms with van der Waals surface area (Å²) in [5.41, 5.74) is 8.04. The molecule has 0 aromatic heterocycles. The molecule has 0 bridgehead atoms. The lowest BCUT2D eigenvalue weighted by Crippen LogP contribution is -2.58. The topological polar surface area (TPSA) is 75.4 Å². The van der Waals surface area contributed by atoms with E-state index in [-0.39, 0.29) is 5.91 Å². The normalized spacial score (nSPS) is 19.3. The van der Waals surface area contributed by atoms with E-state index in [0.29, 0.717) is 25.2 Å². The van der Waals surface area contributed by atoms with Crippen molar-refractivity contribution in [1.29, 1.82) is 0 Å². The monoisotopic (exact) mass is 261 g/mol. The molecule has 1 aromatic carbocycles. The van der Waals surface area contributed by atoms with Gasteiger partial charge in [-0.2, -0.15) is 0 Å². The second-order valence-electron chi connectivity index (χ2n) is 4.94. The molecule has 0 aliphatic carbocycles. The Morgan fingerprint density at radius 1 is 1.37 bits per heavy atom. The Labute approximate surface area is 112 Å². The maximum absolute atomic E-state index is 12.5. The molecule has 1 unspecified atom stereocenters. The number of aryl methyl sites for hydroxylation is 2. The molecule has 0 saturated carbocycles. The number of nitrogens with two attached hydrogens (primary N) is 1. The minimum atomic E-state index is -0.568. The number of hydrogen-bond donors (Lipinski definition) is 2. The van der Waals surface area contributed by atoms with Crippen LogP contribution in [0.25, 0.3) is 0 Å². The molecule has 1 aliphatic rings. The molecule has 1 fully saturated rings. The molecule has 0 radical (unpaired) electrons. The Kier molecular flexibility index (Phi) is 3.85. The van der Waals surface area contributed by atoms with Crippen molar-refractivity contribution < 1.29 is 9.59 Å². The van der Waals surface area contributed by atoms with E-state index >= 15 is 0 Å². The van der Waals surface area contributed by atoms with Gasteiger partial charge in [-0.3, -0.25) is 9.59 Å². The van der Waals surface area contributed by atoms with Crippen LogP contribution in [0.2, 0.25) is 0 Å². The third-order valence-corrected chi connectivity index (χ3v) is 3.44. The van der Waals surface area contributed by atoms with Crippen molar-refractivity contribution >= 4 is 11.8 Å². The van der Waals surface area contributed by atoms with Gasteiger partial charge in [0.1, 0.15) is 6.04 Å². The van der Waals surface area contributed by atoms with Crippen molar-refractivity contribution in [3.05, 3.63) is 34.9 Å². The average Bonchev–Trinajstić information content (AvgIpc) is 2.38. The van der Waals surface area contributed by atoms with Crippen LogP contribution in [0.5, 0.6) is 0 Å². The molecule has 3 N–H and O–H groups in total. The highest BCUT2D eigenvalue weighted by Gasteiger charge is 2.31. The standard InChI is InChI=1S/C14H19N3O2/c1-9-3-4-11(10(2)7-9)14(19)17-6-5-16-8-12(17)13(15)18/h3-4,7,12,16H,5-6,8H2,1-2H3,(H2,15,18). The SMILES string of the molecule is Cc1ccc(C(=O)N2CCNCC2C(N)=O)c(C)c1. The fraction of sp³-hybridized carbons (Fsp3) is 0.429. The number of nitrogens with one attached hydrogen (secondary N) is 1. The number of carbonyl (C=O) groups is 2. The van der Waals surface area contributed by atoms with Crippen molar-refractivity contribution in [2.24, 2.45) is 5.73 Å². The van der Waals surface area contributed by atoms with E-state index in [1.807, 2.05) is 32.0 Å². The van der Waals surface area contributed by atoms with Crippen molar-refractivity contribution in [1.82, 2.24) is 10.2 Å². The van der Waals surface area contributed by atoms with Gasteiger partial charge < -0.3 is 16.0 Å². The first-order chi connectivity index (χ1) is 9.00. The van der Waals surface area contributed by atoms with Gasteiger partial charge in [0.05, 0.1) is 0 Å². The van der Waals surface area contributed by atoms with Gasteiger partial charge in [-0.25, -0.2) is 0 Å². The molecule has 102 valence electrons. The molecule has 1 aliphatic heterocycles. The molecular formula is C14H19N3O2. The van der Waals surface area contributed by atoms with Gasteiger partial charge in [-0.1, -0.05) is 17.7 Å². The van der Waals surface area contributed by atoms with E-state index in [2.05, 4.69) is 5.32 Å². The molecule has 2 rings (SSSR count). The van der Waals surface area contributed by atoms with Crippen LogP contribution in [-0.4, -0.2) is 42.4 Å². The van der Waals surface area contributed by atoms with E-state index in [1.165, 1.54) is 0 Å². The molecule has 1 heterocycles. The quantitative estimate of drug-likeness (QED) is 0.798. The molecule has 19 heavy (non-hydrogen) atoms. The third kappa shape index (κ3) is 2.76. The van der Waals surface area contributed by atoms with Gasteiger partial charge in [0.25, 0.3) is 5.91 Å². The lowest BCUT2D eigenvalue weighted by atomic mass is 10.0. The maximum atomic E-state index is 12.5. The molecule has 2 amide bonds. The maximum Gasteiger partial charge on any atom is 0.254 e. The molecule has 5 heteroatoms. The molecule has 1 aromatic rings. The molecule has 1 saturated heterocycles. The minimum Gasteiger partial charge on any atom is -0.368 e. The van der Waals surface area contributed by atoms with Crippen molar-refractivity contribution in [3.8, 4) is 0 Å². The summed E-state index contributed by atoms with van der Waals surface area (Å²) in [5.74, 6) is -0.590. The minimum absolute atomic E-state index is 0.122. The highest BCUT2D eigenvalue weighted by molar-refractivity contribution is 5.98. The zero-order valence-electron chi connectivity index (χ0n) is 11.3. The predicted octanol–water partition coefficient (Wildman–Crippen LogP) is 0.203. The van der Waals surface area contributed by atoms with Crippen molar-refractivity contribution in [2.75, 3.05) is 19.6 Å². The number of primary amides is 1. The first-order valence-electron chi connectivity index (χ1n) is 6.39. The van der Waals surface area contributed by atoms with Crippen LogP contribution in [-0.2, 0) is 4.79 Å². The zero-order valence-corrected chi connectivity index (χ0v) is 11.3. The van der Waals surface area contributed by atoms with E-state index in [9.17, 15) is 9.59 Å². The lowest BCUT2D eigenvalue weighted by Gasteiger charge is -2.34. The number of carbonyl (C=O) groups excluding carboxylic acids is 2. The van der Waals surface area contributed by atoms with E-state index < -0.39 is 11.9 Å². The fourth-order valence-corrected chi connectivity index (χ4v) is 2.41. The summed E-state index contributed by atoms with van der Waals surface area (Å²) in [6.45, 7) is 5.49. The number of piperazine rings is 1. The number of benzene rings is 1. The van der Waals surface area contributed by atoms with Crippen molar-refractivity contribution in [3.63, 3.8) is 0 Å². The molecule has 1 atom stereocenters. The third-order valence-electron chi connectivity index (χ3n) is 3.44. The summed E-state index contributed by atoms with van der Waals surface area (Å²) in [7, 11) is 0. The largest absolute Gasteiger partial charge is 0.368 e. The Balaban J connectivity index is 2.28. The van der Waals surface area contributed by atoms with Crippen molar-refractivity contribution in [2.45, 2.75) is 19.9 Å². The average molecular weight is 261 g/mol. The number of nitrogens with zero attached hydrogens (tertiary/aromatic N) is 1. The fourth-order valence-electron chi connectivity index (χ4n) is 2.41. The van der Waals surface area contributed by atoms with Crippen LogP contribution in [0.4, 0.5) is 0 Å². The summed E-state index contributed by atoms with van der Waals surface area (Å²) in [6.07, 6.45) is 0. The second-order valence-corrected chi connectivity index (χ2v) is 4.94. The lowest BCUT2D eigenvalue weighted by molar-refractivity contribution is -0.122. The van der Waals surface area contributed by atoms with Crippen LogP contribution in [0.15, 0.2) is 18.2 Å². The van der Waals surface area contributed by atoms with Gasteiger partial charge in [0, 0.05) is 25.2 Å². The summed E-state index contributed by atoms with van der Waals surface area (Å²) >= 11 is 0. The van der Waals surface area contributed by atoms with Crippen LogP contribution >= 0.6 is 0 Å². The van der Waals surface area contributed by atoms with Gasteiger partial charge in [0.15, 0.2) is 0 Å². The van der Waals surface area contributed by atoms with E-state index in [4.69, 9.17) is 5.73 Å². The van der Waals surface area contributed by atoms with Gasteiger partial charge >= 0.3 is 0 Å². The van der Waals surface area contributed by atoms with Gasteiger partial charge in [-0.15, -0.1) is 0 Å². The molecular weight excluding hydrogens is 242 g/mol. The van der Waals surface area contributed by atoms with E-state index in [0.717, 1.165) is 11.1 Å². The Hall–Kier alpha value is -1.88. The number of amides is 2. The smallest absolute Gasteiger partial charge is 0.254 e. The number of hydrogen-bond acceptors (Lipinski definition) is 3. The first-order valence-corrected chi connectivity index (χ1v) is 6.39. The van der Waals surface area contributed by atoms with Crippen LogP contribution in [0, 0.1) is 13.8 Å². The van der Waals surface area contributed by atoms with Crippen LogP contribution < -0.4 is 11.1 Å². The summed E-state index contributed by atoms with van der Waals surface area (Å²) in [6, 6.07) is 5.12. The highest BCUT2D eigenvalue weighted by Crippen LogP contribution is 2.15. The Morgan fingerprint density at radius 2 is 2.11 bits per heavy atom. The van der Waals surface area contributed by atoms with Crippen LogP contribution in [0.3, 0.4) is 0 Å². The summed E-state index contributed by atoms with van der Waals surface area (Å²) < 4.78 is 0. The van der Waals surface area contributed by atoms with E-state index in [1.54, 1.807) is 4.90 Å². The summed E-state index contributed by atoms with van der Waals surface area (Å²) in [4.78, 5) is 25.5. The predicted molar refractivity (Wildman–Crippen MR) is 72.8 cm³/mol. The number of rotatable bonds is 2. The Morgan fingerprint density at radius 3 is 2.74 bits per heavy atom. The highest BCUT2D eigenvalue weighted by atomic mass is 16.2. The first kappa shape index (κ1) is 13.5. The molecule has 5 nitrogen and oxygen atoms in total. The second kappa shape index (κ2) is 5.40. The van der Waals surface area contributed by atoms with Gasteiger partial charge in [-0.05, 0) is 25.5 Å².